The molecule has 2 aliphatic heterocycles. The van der Waals surface area contributed by atoms with Crippen LogP contribution < -0.4 is 34.2 Å². The van der Waals surface area contributed by atoms with E-state index < -0.39 is 18.1 Å². The highest BCUT2D eigenvalue weighted by molar-refractivity contribution is 6.03. The predicted molar refractivity (Wildman–Crippen MR) is 133 cm³/mol. The summed E-state index contributed by atoms with van der Waals surface area (Å²) in [4.78, 5) is 15.3. The minimum atomic E-state index is -0.783. The van der Waals surface area contributed by atoms with E-state index in [1.165, 1.54) is 0 Å². The SMILES string of the molecule is CCOc1c(N)c2c(c(OCC)c1OCC)C(C(c1c(C)cc3c(c1OC)OCO3)N(C)C)OC2=O. The second kappa shape index (κ2) is 10.2. The first-order chi connectivity index (χ1) is 17.3. The molecule has 2 aromatic carbocycles. The quantitative estimate of drug-likeness (QED) is 0.378. The van der Waals surface area contributed by atoms with Crippen LogP contribution >= 0.6 is 0 Å². The lowest BCUT2D eigenvalue weighted by molar-refractivity contribution is 0.0146. The molecule has 2 aliphatic rings. The minimum Gasteiger partial charge on any atom is -0.492 e. The Labute approximate surface area is 211 Å². The van der Waals surface area contributed by atoms with Gasteiger partial charge >= 0.3 is 5.97 Å². The molecule has 4 rings (SSSR count). The molecule has 2 atom stereocenters. The summed E-state index contributed by atoms with van der Waals surface area (Å²) in [6.07, 6.45) is -0.783. The van der Waals surface area contributed by atoms with Crippen LogP contribution in [0.1, 0.15) is 60.0 Å². The highest BCUT2D eigenvalue weighted by Gasteiger charge is 2.47. The Bertz CT molecular complexity index is 1160. The maximum atomic E-state index is 13.3. The van der Waals surface area contributed by atoms with Gasteiger partial charge in [0.15, 0.2) is 29.1 Å². The second-order valence-corrected chi connectivity index (χ2v) is 8.60. The zero-order valence-corrected chi connectivity index (χ0v) is 21.9. The van der Waals surface area contributed by atoms with E-state index in [-0.39, 0.29) is 23.8 Å². The van der Waals surface area contributed by atoms with E-state index in [1.807, 2.05) is 52.8 Å². The van der Waals surface area contributed by atoms with Crippen molar-refractivity contribution in [2.45, 2.75) is 39.8 Å². The summed E-state index contributed by atoms with van der Waals surface area (Å²) in [5, 5.41) is 0. The Morgan fingerprint density at radius 3 is 2.28 bits per heavy atom. The molecule has 0 aliphatic carbocycles. The molecule has 0 bridgehead atoms. The Hall–Kier alpha value is -3.53. The van der Waals surface area contributed by atoms with E-state index in [0.717, 1.165) is 11.1 Å². The average molecular weight is 503 g/mol. The normalized spacial score (nSPS) is 16.6. The molecule has 0 aromatic heterocycles. The first-order valence-electron chi connectivity index (χ1n) is 12.0. The third-order valence-electron chi connectivity index (χ3n) is 6.24. The molecule has 0 spiro atoms. The molecule has 0 saturated carbocycles. The van der Waals surface area contributed by atoms with Gasteiger partial charge < -0.3 is 38.9 Å². The number of nitrogens with zero attached hydrogens (tertiary/aromatic N) is 1. The smallest absolute Gasteiger partial charge is 0.341 e. The van der Waals surface area contributed by atoms with Crippen molar-refractivity contribution in [3.05, 3.63) is 28.3 Å². The standard InChI is InChI=1S/C26H34N2O8/c1-8-31-23-17-16(18(27)24(32-9-2)25(23)33-10-3)26(29)36-21(17)19(28(5)6)15-13(4)11-14-20(22(15)30-7)35-12-34-14/h11,19,21H,8-10,12,27H2,1-7H3. The summed E-state index contributed by atoms with van der Waals surface area (Å²) in [5.74, 6) is 2.10. The molecule has 0 radical (unpaired) electrons. The third kappa shape index (κ3) is 3.99. The van der Waals surface area contributed by atoms with Crippen LogP contribution in [0.4, 0.5) is 5.69 Å². The summed E-state index contributed by atoms with van der Waals surface area (Å²) in [6.45, 7) is 8.63. The van der Waals surface area contributed by atoms with E-state index in [1.54, 1.807) is 7.11 Å². The van der Waals surface area contributed by atoms with E-state index in [4.69, 9.17) is 38.9 Å². The molecular weight excluding hydrogens is 468 g/mol. The van der Waals surface area contributed by atoms with Crippen molar-refractivity contribution >= 4 is 11.7 Å². The van der Waals surface area contributed by atoms with Crippen LogP contribution in [-0.2, 0) is 4.74 Å². The number of anilines is 1. The number of esters is 1. The average Bonchev–Trinajstić information content (AvgIpc) is 3.43. The number of carbonyl (C=O) groups is 1. The van der Waals surface area contributed by atoms with Gasteiger partial charge in [-0.15, -0.1) is 0 Å². The Balaban J connectivity index is 2.00. The number of nitrogen functional groups attached to an aromatic ring is 1. The molecule has 10 heteroatoms. The molecule has 196 valence electrons. The second-order valence-electron chi connectivity index (χ2n) is 8.60. The number of fused-ring (bicyclic) bond motifs is 2. The van der Waals surface area contributed by atoms with Gasteiger partial charge in [-0.1, -0.05) is 0 Å². The van der Waals surface area contributed by atoms with Crippen LogP contribution in [0.2, 0.25) is 0 Å². The van der Waals surface area contributed by atoms with Gasteiger partial charge in [0.05, 0.1) is 49.8 Å². The zero-order chi connectivity index (χ0) is 26.1. The molecular formula is C26H34N2O8. The van der Waals surface area contributed by atoms with Gasteiger partial charge in [0, 0.05) is 5.56 Å². The third-order valence-corrected chi connectivity index (χ3v) is 6.24. The zero-order valence-electron chi connectivity index (χ0n) is 21.9. The van der Waals surface area contributed by atoms with Crippen molar-refractivity contribution in [1.29, 1.82) is 0 Å². The van der Waals surface area contributed by atoms with Crippen LogP contribution in [0.3, 0.4) is 0 Å². The maximum absolute atomic E-state index is 13.3. The highest BCUT2D eigenvalue weighted by atomic mass is 16.7. The Morgan fingerprint density at radius 2 is 1.67 bits per heavy atom. The molecule has 2 N–H and O–H groups in total. The number of ether oxygens (including phenoxy) is 7. The van der Waals surface area contributed by atoms with Gasteiger partial charge in [0.25, 0.3) is 0 Å². The number of hydrogen-bond donors (Lipinski definition) is 1. The number of nitrogens with two attached hydrogens (primary N) is 1. The van der Waals surface area contributed by atoms with Crippen LogP contribution in [0.5, 0.6) is 34.5 Å². The van der Waals surface area contributed by atoms with Crippen molar-refractivity contribution < 1.29 is 38.0 Å². The number of likely N-dealkylation sites (N-methyl/N-ethyl adjacent to an activating group) is 1. The number of hydrogen-bond acceptors (Lipinski definition) is 10. The van der Waals surface area contributed by atoms with Gasteiger partial charge in [-0.2, -0.15) is 0 Å². The lowest BCUT2D eigenvalue weighted by Crippen LogP contribution is -2.28. The largest absolute Gasteiger partial charge is 0.492 e. The van der Waals surface area contributed by atoms with Crippen molar-refractivity contribution in [2.24, 2.45) is 0 Å². The number of aryl methyl sites for hydroxylation is 1. The summed E-state index contributed by atoms with van der Waals surface area (Å²) in [5.41, 5.74) is 9.10. The van der Waals surface area contributed by atoms with Gasteiger partial charge in [-0.05, 0) is 53.4 Å². The molecule has 10 nitrogen and oxygen atoms in total. The molecule has 2 unspecified atom stereocenters. The number of benzene rings is 2. The molecule has 0 amide bonds. The summed E-state index contributed by atoms with van der Waals surface area (Å²) >= 11 is 0. The van der Waals surface area contributed by atoms with Gasteiger partial charge in [-0.3, -0.25) is 4.90 Å². The number of methoxy groups -OCH3 is 1. The molecule has 36 heavy (non-hydrogen) atoms. The first-order valence-corrected chi connectivity index (χ1v) is 12.0. The van der Waals surface area contributed by atoms with Gasteiger partial charge in [0.2, 0.25) is 18.3 Å². The Morgan fingerprint density at radius 1 is 1.03 bits per heavy atom. The van der Waals surface area contributed by atoms with Crippen LogP contribution in [0, 0.1) is 6.92 Å². The molecule has 0 fully saturated rings. The fourth-order valence-electron chi connectivity index (χ4n) is 4.92. The van der Waals surface area contributed by atoms with Gasteiger partial charge in [-0.25, -0.2) is 4.79 Å². The lowest BCUT2D eigenvalue weighted by atomic mass is 9.88. The van der Waals surface area contributed by atoms with E-state index in [9.17, 15) is 4.79 Å². The van der Waals surface area contributed by atoms with Crippen molar-refractivity contribution in [1.82, 2.24) is 4.90 Å². The minimum absolute atomic E-state index is 0.103. The molecule has 2 heterocycles. The van der Waals surface area contributed by atoms with Crippen LogP contribution in [0.25, 0.3) is 0 Å². The number of cyclic esters (lactones) is 1. The van der Waals surface area contributed by atoms with E-state index >= 15 is 0 Å². The van der Waals surface area contributed by atoms with Gasteiger partial charge in [0.1, 0.15) is 0 Å². The van der Waals surface area contributed by atoms with Crippen molar-refractivity contribution in [2.75, 3.05) is 53.6 Å². The monoisotopic (exact) mass is 502 g/mol. The van der Waals surface area contributed by atoms with Crippen LogP contribution in [-0.4, -0.2) is 58.7 Å². The van der Waals surface area contributed by atoms with E-state index in [0.29, 0.717) is 54.1 Å². The molecule has 0 saturated heterocycles. The fraction of sp³-hybridized carbons (Fsp3) is 0.500. The lowest BCUT2D eigenvalue weighted by Gasteiger charge is -2.33. The predicted octanol–water partition coefficient (Wildman–Crippen LogP) is 4.03. The highest BCUT2D eigenvalue weighted by Crippen LogP contribution is 2.58. The van der Waals surface area contributed by atoms with Crippen LogP contribution in [0.15, 0.2) is 6.07 Å². The summed E-state index contributed by atoms with van der Waals surface area (Å²) in [7, 11) is 5.39. The van der Waals surface area contributed by atoms with E-state index in [2.05, 4.69) is 0 Å². The Kier molecular flexibility index (Phi) is 7.26. The summed E-state index contributed by atoms with van der Waals surface area (Å²) < 4.78 is 41.0. The fourth-order valence-corrected chi connectivity index (χ4v) is 4.92. The number of rotatable bonds is 10. The number of carbonyl (C=O) groups excluding carboxylic acids is 1. The summed E-state index contributed by atoms with van der Waals surface area (Å²) in [6, 6.07) is 1.42. The van der Waals surface area contributed by atoms with Crippen molar-refractivity contribution in [3.8, 4) is 34.5 Å². The topological polar surface area (TPSA) is 111 Å². The maximum Gasteiger partial charge on any atom is 0.341 e. The van der Waals surface area contributed by atoms with Crippen molar-refractivity contribution in [3.63, 3.8) is 0 Å². The molecule has 2 aromatic rings. The first kappa shape index (κ1) is 25.6.